The first-order valence-corrected chi connectivity index (χ1v) is 10.2. The number of benzene rings is 2. The topological polar surface area (TPSA) is 4.93 Å². The van der Waals surface area contributed by atoms with Crippen LogP contribution in [-0.4, -0.2) is 12.5 Å². The van der Waals surface area contributed by atoms with E-state index in [1.165, 1.54) is 21.7 Å². The van der Waals surface area contributed by atoms with Gasteiger partial charge in [0.15, 0.2) is 8.24 Å². The van der Waals surface area contributed by atoms with E-state index in [-0.39, 0.29) is 0 Å². The second-order valence-electron chi connectivity index (χ2n) is 5.82. The van der Waals surface area contributed by atoms with Crippen LogP contribution in [0.15, 0.2) is 60.8 Å². The van der Waals surface area contributed by atoms with Crippen molar-refractivity contribution in [3.05, 3.63) is 66.4 Å². The molecule has 0 spiro atoms. The summed E-state index contributed by atoms with van der Waals surface area (Å²) in [6.07, 6.45) is 3.36. The van der Waals surface area contributed by atoms with Gasteiger partial charge < -0.3 is 4.23 Å². The molecule has 102 valence electrons. The zero-order valence-electron chi connectivity index (χ0n) is 12.4. The van der Waals surface area contributed by atoms with Crippen molar-refractivity contribution in [2.75, 3.05) is 0 Å². The van der Waals surface area contributed by atoms with Crippen LogP contribution >= 0.6 is 0 Å². The van der Waals surface area contributed by atoms with Gasteiger partial charge in [-0.15, -0.1) is 0 Å². The van der Waals surface area contributed by atoms with Gasteiger partial charge in [-0.2, -0.15) is 0 Å². The van der Waals surface area contributed by atoms with Gasteiger partial charge in [0.05, 0.1) is 0 Å². The molecule has 20 heavy (non-hydrogen) atoms. The highest BCUT2D eigenvalue weighted by atomic mass is 28.3. The molecule has 0 saturated carbocycles. The zero-order chi connectivity index (χ0) is 14.2. The van der Waals surface area contributed by atoms with Crippen molar-refractivity contribution in [1.29, 1.82) is 0 Å². The number of nitrogens with zero attached hydrogens (tertiary/aromatic N) is 1. The van der Waals surface area contributed by atoms with E-state index in [1.54, 1.807) is 0 Å². The fourth-order valence-electron chi connectivity index (χ4n) is 3.01. The highest BCUT2D eigenvalue weighted by Gasteiger charge is 2.27. The molecule has 1 heterocycles. The van der Waals surface area contributed by atoms with Gasteiger partial charge in [-0.25, -0.2) is 0 Å². The van der Waals surface area contributed by atoms with E-state index < -0.39 is 8.24 Å². The van der Waals surface area contributed by atoms with Gasteiger partial charge in [0, 0.05) is 5.52 Å². The van der Waals surface area contributed by atoms with E-state index >= 15 is 0 Å². The fourth-order valence-corrected chi connectivity index (χ4v) is 5.57. The van der Waals surface area contributed by atoms with Crippen molar-refractivity contribution >= 4 is 24.3 Å². The number of aromatic nitrogens is 1. The van der Waals surface area contributed by atoms with E-state index in [9.17, 15) is 0 Å². The minimum Gasteiger partial charge on any atom is -0.370 e. The summed E-state index contributed by atoms with van der Waals surface area (Å²) in [4.78, 5) is 0. The van der Waals surface area contributed by atoms with Gasteiger partial charge in [-0.3, -0.25) is 0 Å². The molecule has 0 amide bonds. The van der Waals surface area contributed by atoms with Crippen LogP contribution in [0.4, 0.5) is 0 Å². The number of hydrogen-bond acceptors (Lipinski definition) is 0. The molecule has 1 aromatic heterocycles. The Balaban J connectivity index is 2.24. The van der Waals surface area contributed by atoms with Crippen LogP contribution in [0.1, 0.15) is 12.5 Å². The smallest absolute Gasteiger partial charge is 0.187 e. The lowest BCUT2D eigenvalue weighted by Gasteiger charge is -2.27. The van der Waals surface area contributed by atoms with Gasteiger partial charge >= 0.3 is 0 Å². The van der Waals surface area contributed by atoms with Gasteiger partial charge in [-0.05, 0) is 47.9 Å². The quantitative estimate of drug-likeness (QED) is 0.634. The molecule has 2 aromatic carbocycles. The molecule has 0 aliphatic heterocycles. The third-order valence-electron chi connectivity index (χ3n) is 4.26. The Hall–Kier alpha value is -1.80. The molecule has 0 radical (unpaired) electrons. The van der Waals surface area contributed by atoms with E-state index in [0.717, 1.165) is 6.42 Å². The van der Waals surface area contributed by atoms with Crippen LogP contribution < -0.4 is 5.19 Å². The largest absolute Gasteiger partial charge is 0.370 e. The molecule has 0 unspecified atom stereocenters. The van der Waals surface area contributed by atoms with Gasteiger partial charge in [0.1, 0.15) is 0 Å². The van der Waals surface area contributed by atoms with Crippen LogP contribution in [0.25, 0.3) is 10.9 Å². The molecule has 1 nitrogen and oxygen atoms in total. The average Bonchev–Trinajstić information content (AvgIpc) is 2.92. The third kappa shape index (κ3) is 2.00. The second kappa shape index (κ2) is 4.95. The zero-order valence-corrected chi connectivity index (χ0v) is 13.4. The summed E-state index contributed by atoms with van der Waals surface area (Å²) < 4.78 is 2.55. The lowest BCUT2D eigenvalue weighted by atomic mass is 10.1. The first-order valence-electron chi connectivity index (χ1n) is 7.29. The fraction of sp³-hybridized carbons (Fsp3) is 0.222. The second-order valence-corrected chi connectivity index (χ2v) is 10.00. The number of aryl methyl sites for hydroxylation is 1. The summed E-state index contributed by atoms with van der Waals surface area (Å²) >= 11 is 0. The number of rotatable bonds is 3. The Bertz CT molecular complexity index is 726. The molecule has 3 rings (SSSR count). The van der Waals surface area contributed by atoms with Gasteiger partial charge in [-0.1, -0.05) is 55.5 Å². The molecule has 3 aromatic rings. The third-order valence-corrected chi connectivity index (χ3v) is 7.58. The molecular formula is C18H21NSi. The Morgan fingerprint density at radius 1 is 0.900 bits per heavy atom. The number of para-hydroxylation sites is 1. The predicted molar refractivity (Wildman–Crippen MR) is 90.3 cm³/mol. The summed E-state index contributed by atoms with van der Waals surface area (Å²) in [5, 5.41) is 2.84. The Kier molecular flexibility index (Phi) is 3.26. The standard InChI is InChI=1S/C18H21NSi/c1-4-15-9-8-10-16-13-14-19(18(15)16)20(2,3)17-11-6-5-7-12-17/h5-14H,4H2,1-3H3. The van der Waals surface area contributed by atoms with E-state index in [2.05, 4.69) is 85.0 Å². The van der Waals surface area contributed by atoms with E-state index in [0.29, 0.717) is 0 Å². The Morgan fingerprint density at radius 2 is 1.65 bits per heavy atom. The summed E-state index contributed by atoms with van der Waals surface area (Å²) in [7, 11) is -1.70. The molecule has 0 aliphatic carbocycles. The first kappa shape index (κ1) is 13.2. The number of fused-ring (bicyclic) bond motifs is 1. The maximum Gasteiger partial charge on any atom is 0.187 e. The highest BCUT2D eigenvalue weighted by Crippen LogP contribution is 2.24. The molecule has 0 bridgehead atoms. The average molecular weight is 279 g/mol. The summed E-state index contributed by atoms with van der Waals surface area (Å²) in [5.74, 6) is 0. The molecule has 2 heteroatoms. The van der Waals surface area contributed by atoms with Crippen molar-refractivity contribution in [1.82, 2.24) is 4.23 Å². The maximum atomic E-state index is 2.55. The minimum absolute atomic E-state index is 1.08. The Labute approximate surface area is 122 Å². The highest BCUT2D eigenvalue weighted by molar-refractivity contribution is 6.89. The predicted octanol–water partition coefficient (Wildman–Crippen LogP) is 4.16. The van der Waals surface area contributed by atoms with Crippen LogP contribution in [0.2, 0.25) is 13.1 Å². The van der Waals surface area contributed by atoms with Crippen molar-refractivity contribution < 1.29 is 0 Å². The molecule has 0 atom stereocenters. The van der Waals surface area contributed by atoms with Gasteiger partial charge in [0.2, 0.25) is 0 Å². The minimum atomic E-state index is -1.70. The summed E-state index contributed by atoms with van der Waals surface area (Å²) in [6.45, 7) is 7.09. The monoisotopic (exact) mass is 279 g/mol. The summed E-state index contributed by atoms with van der Waals surface area (Å²) in [6, 6.07) is 19.8. The lowest BCUT2D eigenvalue weighted by Crippen LogP contribution is -2.48. The molecule has 0 saturated heterocycles. The molecule has 0 N–H and O–H groups in total. The first-order chi connectivity index (χ1) is 9.64. The van der Waals surface area contributed by atoms with Crippen LogP contribution in [-0.2, 0) is 6.42 Å². The Morgan fingerprint density at radius 3 is 2.35 bits per heavy atom. The summed E-state index contributed by atoms with van der Waals surface area (Å²) in [5.41, 5.74) is 2.87. The molecule has 0 aliphatic rings. The number of hydrogen-bond donors (Lipinski definition) is 0. The molecule has 0 fully saturated rings. The van der Waals surface area contributed by atoms with Crippen LogP contribution in [0.3, 0.4) is 0 Å². The maximum absolute atomic E-state index is 2.55. The van der Waals surface area contributed by atoms with Crippen molar-refractivity contribution in [3.8, 4) is 0 Å². The van der Waals surface area contributed by atoms with Crippen molar-refractivity contribution in [2.45, 2.75) is 26.4 Å². The molecular weight excluding hydrogens is 258 g/mol. The van der Waals surface area contributed by atoms with Crippen LogP contribution in [0, 0.1) is 0 Å². The van der Waals surface area contributed by atoms with Crippen molar-refractivity contribution in [2.24, 2.45) is 0 Å². The van der Waals surface area contributed by atoms with Gasteiger partial charge in [0.25, 0.3) is 0 Å². The van der Waals surface area contributed by atoms with E-state index in [4.69, 9.17) is 0 Å². The van der Waals surface area contributed by atoms with E-state index in [1.807, 2.05) is 0 Å². The SMILES string of the molecule is CCc1cccc2ccn([Si](C)(C)c3ccccc3)c12. The lowest BCUT2D eigenvalue weighted by molar-refractivity contribution is 1.12. The van der Waals surface area contributed by atoms with Crippen molar-refractivity contribution in [3.63, 3.8) is 0 Å². The van der Waals surface area contributed by atoms with Crippen LogP contribution in [0.5, 0.6) is 0 Å². The normalized spacial score (nSPS) is 11.9.